The predicted octanol–water partition coefficient (Wildman–Crippen LogP) is 14.4. The summed E-state index contributed by atoms with van der Waals surface area (Å²) in [7, 11) is 0. The molecule has 10 rings (SSSR count). The molecule has 0 aliphatic heterocycles. The molecule has 0 heterocycles. The second-order valence-electron chi connectivity index (χ2n) is 23.5. The molecule has 9 N–H and O–H groups in total. The summed E-state index contributed by atoms with van der Waals surface area (Å²) in [6.45, 7) is 7.90. The van der Waals surface area contributed by atoms with Crippen LogP contribution in [0.25, 0.3) is 0 Å². The monoisotopic (exact) mass is 1820 g/mol. The highest BCUT2D eigenvalue weighted by Gasteiger charge is 2.25. The first-order valence-corrected chi connectivity index (χ1v) is 33.6. The summed E-state index contributed by atoms with van der Waals surface area (Å²) in [6, 6.07) is 30.9. The van der Waals surface area contributed by atoms with Crippen LogP contribution in [0.3, 0.4) is 0 Å². The summed E-state index contributed by atoms with van der Waals surface area (Å²) in [5, 5.41) is 185. The van der Waals surface area contributed by atoms with Crippen LogP contribution in [0.15, 0.2) is 156 Å². The lowest BCUT2D eigenvalue weighted by molar-refractivity contribution is -0.386. The maximum atomic E-state index is 10.4. The van der Waals surface area contributed by atoms with Crippen LogP contribution < -0.4 is 0 Å². The number of benzene rings is 10. The highest BCUT2D eigenvalue weighted by Crippen LogP contribution is 2.43. The van der Waals surface area contributed by atoms with Gasteiger partial charge >= 0.3 is 34.1 Å². The number of non-ortho nitro benzene ring substituents is 4. The third kappa shape index (κ3) is 33.2. The van der Waals surface area contributed by atoms with E-state index in [1.807, 2.05) is 0 Å². The smallest absolute Gasteiger partial charge is 0.325 e. The summed E-state index contributed by atoms with van der Waals surface area (Å²) in [5.74, 6) is -5.04. The Kier molecular flexibility index (Phi) is 44.1. The Bertz CT molecular complexity index is 5740. The first-order chi connectivity index (χ1) is 58.5. The zero-order valence-electron chi connectivity index (χ0n) is 63.8. The Balaban J connectivity index is 0.00000138. The van der Waals surface area contributed by atoms with Gasteiger partial charge in [0.15, 0.2) is 53.4 Å². The van der Waals surface area contributed by atoms with Gasteiger partial charge in [0.2, 0.25) is 11.5 Å². The van der Waals surface area contributed by atoms with Gasteiger partial charge in [-0.15, -0.1) is 0 Å². The number of nitro groups is 10. The van der Waals surface area contributed by atoms with Crippen molar-refractivity contribution in [2.24, 2.45) is 0 Å². The summed E-state index contributed by atoms with van der Waals surface area (Å²) < 4.78 is -0.0735. The fourth-order valence-corrected chi connectivity index (χ4v) is 9.28. The van der Waals surface area contributed by atoms with E-state index >= 15 is 0 Å². The van der Waals surface area contributed by atoms with Gasteiger partial charge in [0.1, 0.15) is 49.8 Å². The fourth-order valence-electron chi connectivity index (χ4n) is 8.88. The third-order valence-corrected chi connectivity index (χ3v) is 15.5. The largest absolute Gasteiger partial charge is 0.507 e. The van der Waals surface area contributed by atoms with Crippen LogP contribution in [0.4, 0.5) is 56.9 Å². The minimum Gasteiger partial charge on any atom is -0.507 e. The molecule has 0 saturated carbocycles. The number of nitro benzene ring substituents is 10. The summed E-state index contributed by atoms with van der Waals surface area (Å²) in [6.07, 6.45) is 4.70. The Morgan fingerprint density at radius 1 is 0.246 bits per heavy atom. The van der Waals surface area contributed by atoms with E-state index in [4.69, 9.17) is 25.5 Å². The van der Waals surface area contributed by atoms with Gasteiger partial charge in [0.25, 0.3) is 22.7 Å². The Labute approximate surface area is 710 Å². The molecule has 10 aromatic rings. The molecule has 0 atom stereocenters. The Morgan fingerprint density at radius 2 is 0.587 bits per heavy atom. The molecular formula is C76H63BrN10O39. The highest BCUT2D eigenvalue weighted by molar-refractivity contribution is 9.10. The number of rotatable bonds is 20. The highest BCUT2D eigenvalue weighted by atomic mass is 79.9. The molecule has 0 aromatic heterocycles. The quantitative estimate of drug-likeness (QED) is 0.0148. The van der Waals surface area contributed by atoms with Crippen molar-refractivity contribution in [3.63, 3.8) is 0 Å². The molecule has 0 amide bonds. The van der Waals surface area contributed by atoms with Gasteiger partial charge in [0.05, 0.1) is 64.8 Å². The van der Waals surface area contributed by atoms with Crippen molar-refractivity contribution in [3.05, 3.63) is 341 Å². The number of nitrogens with zero attached hydrogens (tertiary/aromatic N) is 10. The second kappa shape index (κ2) is 51.7. The van der Waals surface area contributed by atoms with Crippen LogP contribution in [0.2, 0.25) is 0 Å². The Hall–Kier alpha value is -18.4. The molecule has 0 radical (unpaired) electrons. The van der Waals surface area contributed by atoms with Crippen LogP contribution in [0, 0.1) is 136 Å². The van der Waals surface area contributed by atoms with E-state index in [1.54, 1.807) is 26.0 Å². The zero-order valence-corrected chi connectivity index (χ0v) is 65.4. The van der Waals surface area contributed by atoms with E-state index in [1.165, 1.54) is 99.6 Å². The van der Waals surface area contributed by atoms with Crippen LogP contribution in [-0.4, -0.2) is 158 Å². The molecular weight excluding hydrogens is 1760 g/mol. The topological polar surface area (TPSA) is 784 Å². The number of phenols is 9. The molecule has 0 unspecified atom stereocenters. The van der Waals surface area contributed by atoms with Gasteiger partial charge in [-0.3, -0.25) is 149 Å². The van der Waals surface area contributed by atoms with Crippen LogP contribution >= 0.6 is 15.9 Å². The van der Waals surface area contributed by atoms with Gasteiger partial charge in [0, 0.05) is 123 Å². The van der Waals surface area contributed by atoms with Gasteiger partial charge < -0.3 is 46.0 Å². The first-order valence-electron chi connectivity index (χ1n) is 32.8. The molecule has 49 nitrogen and oxygen atoms in total. The van der Waals surface area contributed by atoms with Gasteiger partial charge in [-0.25, -0.2) is 0 Å². The SMILES string of the molecule is C.Cc1cc(C=O)cc([N+](=O)[O-])c1.Cc1cc(C=O)cc([N+](=O)[O-])c1.Cc1cc(C=O)cc([N+](=O)[O-])c1O.Cc1cc(C=O)cc([N+](=O)[O-])c1O.Cc1cc([N+](=O)[O-])cc(C=O)c1O.O=Cc1cc([N+](=O)[O-])c(O)c(O)c1Br.O=Cc1ccc(O)c(O)c1[N+](=O)[O-].O=Cc1ccc(O)c([N+](=O)[O-])c1.O=Cc1ccc([N+](=O)[O-])c(O)c1.O=Cc1cccc([N+](=O)[O-])c1. The number of halogens is 1. The van der Waals surface area contributed by atoms with Crippen molar-refractivity contribution in [1.82, 2.24) is 0 Å². The van der Waals surface area contributed by atoms with E-state index < -0.39 is 129 Å². The van der Waals surface area contributed by atoms with E-state index in [9.17, 15) is 170 Å². The summed E-state index contributed by atoms with van der Waals surface area (Å²) in [5.41, 5.74) is 0.0677. The van der Waals surface area contributed by atoms with Crippen molar-refractivity contribution < 1.29 is 143 Å². The van der Waals surface area contributed by atoms with Crippen molar-refractivity contribution in [1.29, 1.82) is 0 Å². The van der Waals surface area contributed by atoms with Crippen LogP contribution in [0.1, 0.15) is 139 Å². The lowest BCUT2D eigenvalue weighted by atomic mass is 10.1. The minimum absolute atomic E-state index is 0. The molecule has 0 saturated heterocycles. The molecule has 0 fully saturated rings. The van der Waals surface area contributed by atoms with Crippen LogP contribution in [-0.2, 0) is 0 Å². The van der Waals surface area contributed by atoms with E-state index in [0.29, 0.717) is 101 Å². The second-order valence-corrected chi connectivity index (χ2v) is 24.3. The Morgan fingerprint density at radius 3 is 0.960 bits per heavy atom. The van der Waals surface area contributed by atoms with Crippen molar-refractivity contribution >= 4 is 136 Å². The van der Waals surface area contributed by atoms with E-state index in [-0.39, 0.29) is 85.6 Å². The van der Waals surface area contributed by atoms with Crippen molar-refractivity contribution in [2.45, 2.75) is 42.0 Å². The average molecular weight is 1820 g/mol. The summed E-state index contributed by atoms with van der Waals surface area (Å²) in [4.78, 5) is 199. The van der Waals surface area contributed by atoms with Crippen LogP contribution in [0.5, 0.6) is 51.7 Å². The first kappa shape index (κ1) is 108. The third-order valence-electron chi connectivity index (χ3n) is 14.7. The molecule has 50 heteroatoms. The predicted molar refractivity (Wildman–Crippen MR) is 438 cm³/mol. The molecule has 0 spiro atoms. The van der Waals surface area contributed by atoms with E-state index in [2.05, 4.69) is 15.9 Å². The molecule has 0 aliphatic rings. The van der Waals surface area contributed by atoms with Crippen molar-refractivity contribution in [3.8, 4) is 51.7 Å². The average Bonchev–Trinajstić information content (AvgIpc) is 0.816. The molecule has 0 aliphatic carbocycles. The summed E-state index contributed by atoms with van der Waals surface area (Å²) >= 11 is 2.81. The van der Waals surface area contributed by atoms with E-state index in [0.717, 1.165) is 60.7 Å². The number of aldehydes is 10. The lowest BCUT2D eigenvalue weighted by Crippen LogP contribution is -1.94. The van der Waals surface area contributed by atoms with Crippen molar-refractivity contribution in [2.75, 3.05) is 0 Å². The normalized spacial score (nSPS) is 9.41. The fraction of sp³-hybridized carbons (Fsp3) is 0.0789. The number of hydrogen-bond acceptors (Lipinski definition) is 39. The molecule has 658 valence electrons. The number of hydrogen-bond donors (Lipinski definition) is 9. The molecule has 0 bridgehead atoms. The minimum atomic E-state index is -0.932. The lowest BCUT2D eigenvalue weighted by Gasteiger charge is -2.03. The standard InChI is InChI=1S/3C8H7NO4.2C8H7NO3.C7H4BrNO5.C7H5NO5.2C7H5NO4.C7H5NO3.CH4/c1-5-2-7(9(12)13)3-6(4-10)8(5)11;2*1-5-2-6(4-10)3-7(8(5)11)9(12)13;2*1-6-2-7(5-10)4-8(3-6)9(11)12;8-5-3(2-10)1-4(9(13)14)6(11)7(5)12;9-3-4-1-2-5(10)7(11)6(4)8(12)13;9-4-5-1-2-7(10)6(3-5)8(11)12;9-4-5-1-2-6(8(11)12)7(10)3-5;9-5-6-2-1-3-7(4-6)8(10)11;/h3*2-4,11H,1H3;2*2-5H,1H3;1-2,11-12H;1-3,10-11H;2*1-4,10H;1-5H;1H4. The maximum Gasteiger partial charge on any atom is 0.325 e. The van der Waals surface area contributed by atoms with Gasteiger partial charge in [-0.05, 0) is 139 Å². The number of aromatic hydroxyl groups is 9. The number of carbonyl (C=O) groups excluding carboxylic acids is 10. The maximum absolute atomic E-state index is 10.4. The zero-order chi connectivity index (χ0) is 95.7. The van der Waals surface area contributed by atoms with Gasteiger partial charge in [-0.2, -0.15) is 0 Å². The van der Waals surface area contributed by atoms with Gasteiger partial charge in [-0.1, -0.05) is 19.6 Å². The molecule has 10 aromatic carbocycles. The number of phenolic OH excluding ortho intramolecular Hbond substituents is 9. The number of aryl methyl sites for hydroxylation is 5. The number of carbonyl (C=O) groups is 10. The molecule has 126 heavy (non-hydrogen) atoms.